The van der Waals surface area contributed by atoms with E-state index in [-0.39, 0.29) is 35.9 Å². The largest absolute Gasteiger partial charge is 0.368 e. The number of nitrogens with one attached hydrogen (secondary N) is 1. The fourth-order valence-electron chi connectivity index (χ4n) is 3.19. The predicted molar refractivity (Wildman–Crippen MR) is 95.1 cm³/mol. The smallest absolute Gasteiger partial charge is 0.251 e. The first kappa shape index (κ1) is 18.8. The number of nitrogens with zero attached hydrogens (tertiary/aromatic N) is 2. The van der Waals surface area contributed by atoms with Crippen LogP contribution in [0, 0.1) is 0 Å². The Balaban J connectivity index is 1.62. The molecule has 0 radical (unpaired) electrons. The molecule has 8 nitrogen and oxygen atoms in total. The van der Waals surface area contributed by atoms with Crippen molar-refractivity contribution in [3.05, 3.63) is 24.3 Å². The quantitative estimate of drug-likeness (QED) is 0.826. The second kappa shape index (κ2) is 7.73. The number of carbonyl (C=O) groups is 2. The van der Waals surface area contributed by atoms with E-state index in [1.165, 1.54) is 23.4 Å². The summed E-state index contributed by atoms with van der Waals surface area (Å²) in [5, 5.41) is 2.60. The number of piperazine rings is 1. The summed E-state index contributed by atoms with van der Waals surface area (Å²) in [5.74, 6) is -0.258. The summed E-state index contributed by atoms with van der Waals surface area (Å²) >= 11 is 0. The minimum Gasteiger partial charge on any atom is -0.368 e. The number of ether oxygens (including phenoxy) is 1. The number of anilines is 1. The zero-order valence-electron chi connectivity index (χ0n) is 14.7. The monoisotopic (exact) mass is 381 g/mol. The van der Waals surface area contributed by atoms with E-state index in [0.29, 0.717) is 25.4 Å². The van der Waals surface area contributed by atoms with Gasteiger partial charge in [-0.2, -0.15) is 4.31 Å². The van der Waals surface area contributed by atoms with Crippen LogP contribution in [0.1, 0.15) is 19.8 Å². The molecule has 1 unspecified atom stereocenters. The summed E-state index contributed by atoms with van der Waals surface area (Å²) in [5.41, 5.74) is 0.545. The molecule has 1 aromatic carbocycles. The Morgan fingerprint density at radius 1 is 1.12 bits per heavy atom. The molecule has 0 saturated carbocycles. The summed E-state index contributed by atoms with van der Waals surface area (Å²) in [6.07, 6.45) is 1.25. The summed E-state index contributed by atoms with van der Waals surface area (Å²) in [4.78, 5) is 25.2. The van der Waals surface area contributed by atoms with Gasteiger partial charge in [-0.15, -0.1) is 0 Å². The van der Waals surface area contributed by atoms with Gasteiger partial charge in [0.1, 0.15) is 6.10 Å². The fourth-order valence-corrected chi connectivity index (χ4v) is 4.61. The van der Waals surface area contributed by atoms with Crippen LogP contribution in [0.5, 0.6) is 0 Å². The first-order chi connectivity index (χ1) is 12.4. The van der Waals surface area contributed by atoms with Crippen LogP contribution < -0.4 is 5.32 Å². The normalized spacial score (nSPS) is 21.6. The van der Waals surface area contributed by atoms with Crippen molar-refractivity contribution in [3.63, 3.8) is 0 Å². The number of sulfonamides is 1. The van der Waals surface area contributed by atoms with Gasteiger partial charge in [0, 0.05) is 45.4 Å². The molecule has 0 aromatic heterocycles. The lowest BCUT2D eigenvalue weighted by Crippen LogP contribution is -2.52. The molecular weight excluding hydrogens is 358 g/mol. The Bertz CT molecular complexity index is 764. The van der Waals surface area contributed by atoms with Gasteiger partial charge in [0.2, 0.25) is 15.9 Å². The molecule has 2 amide bonds. The van der Waals surface area contributed by atoms with E-state index in [2.05, 4.69) is 5.32 Å². The molecule has 9 heteroatoms. The molecule has 0 aliphatic carbocycles. The Kier molecular flexibility index (Phi) is 5.59. The number of benzene rings is 1. The molecule has 0 bridgehead atoms. The highest BCUT2D eigenvalue weighted by atomic mass is 32.2. The van der Waals surface area contributed by atoms with Gasteiger partial charge in [0.05, 0.1) is 4.90 Å². The van der Waals surface area contributed by atoms with E-state index in [0.717, 1.165) is 12.8 Å². The maximum absolute atomic E-state index is 12.8. The summed E-state index contributed by atoms with van der Waals surface area (Å²) in [6.45, 7) is 3.24. The second-order valence-electron chi connectivity index (χ2n) is 6.44. The van der Waals surface area contributed by atoms with Crippen molar-refractivity contribution in [1.82, 2.24) is 9.21 Å². The summed E-state index contributed by atoms with van der Waals surface area (Å²) in [7, 11) is -3.62. The van der Waals surface area contributed by atoms with Crippen molar-refractivity contribution in [1.29, 1.82) is 0 Å². The first-order valence-electron chi connectivity index (χ1n) is 8.66. The zero-order valence-corrected chi connectivity index (χ0v) is 15.5. The van der Waals surface area contributed by atoms with Gasteiger partial charge in [0.15, 0.2) is 0 Å². The van der Waals surface area contributed by atoms with Crippen LogP contribution in [0.3, 0.4) is 0 Å². The van der Waals surface area contributed by atoms with E-state index >= 15 is 0 Å². The maximum Gasteiger partial charge on any atom is 0.251 e. The molecule has 3 rings (SSSR count). The molecule has 142 valence electrons. The van der Waals surface area contributed by atoms with Gasteiger partial charge >= 0.3 is 0 Å². The first-order valence-corrected chi connectivity index (χ1v) is 10.1. The van der Waals surface area contributed by atoms with E-state index in [1.54, 1.807) is 17.0 Å². The van der Waals surface area contributed by atoms with Gasteiger partial charge in [-0.05, 0) is 37.1 Å². The SMILES string of the molecule is CC(=O)Nc1ccc(S(=O)(=O)N2CCN(C(=O)C3CCCO3)CC2)cc1. The van der Waals surface area contributed by atoms with Crippen molar-refractivity contribution in [2.45, 2.75) is 30.8 Å². The van der Waals surface area contributed by atoms with Crippen LogP contribution in [0.15, 0.2) is 29.2 Å². The highest BCUT2D eigenvalue weighted by molar-refractivity contribution is 7.89. The van der Waals surface area contributed by atoms with Crippen molar-refractivity contribution in [2.24, 2.45) is 0 Å². The van der Waals surface area contributed by atoms with Crippen molar-refractivity contribution < 1.29 is 22.7 Å². The number of hydrogen-bond acceptors (Lipinski definition) is 5. The van der Waals surface area contributed by atoms with Crippen LogP contribution >= 0.6 is 0 Å². The van der Waals surface area contributed by atoms with Gasteiger partial charge in [-0.25, -0.2) is 8.42 Å². The molecule has 1 N–H and O–H groups in total. The topological polar surface area (TPSA) is 96.0 Å². The van der Waals surface area contributed by atoms with Crippen LogP contribution in [-0.2, 0) is 24.3 Å². The lowest BCUT2D eigenvalue weighted by molar-refractivity contribution is -0.142. The lowest BCUT2D eigenvalue weighted by atomic mass is 10.2. The molecule has 26 heavy (non-hydrogen) atoms. The molecule has 2 aliphatic heterocycles. The number of amides is 2. The van der Waals surface area contributed by atoms with Crippen LogP contribution in [-0.4, -0.2) is 68.3 Å². The molecule has 2 fully saturated rings. The van der Waals surface area contributed by atoms with Gasteiger partial charge in [-0.1, -0.05) is 0 Å². The maximum atomic E-state index is 12.8. The lowest BCUT2D eigenvalue weighted by Gasteiger charge is -2.35. The average Bonchev–Trinajstić information content (AvgIpc) is 3.16. The summed E-state index contributed by atoms with van der Waals surface area (Å²) < 4.78 is 32.3. The van der Waals surface area contributed by atoms with Crippen molar-refractivity contribution in [2.75, 3.05) is 38.1 Å². The zero-order chi connectivity index (χ0) is 18.7. The number of rotatable bonds is 4. The van der Waals surface area contributed by atoms with E-state index in [4.69, 9.17) is 4.74 Å². The van der Waals surface area contributed by atoms with Crippen LogP contribution in [0.25, 0.3) is 0 Å². The van der Waals surface area contributed by atoms with Gasteiger partial charge < -0.3 is 15.0 Å². The third kappa shape index (κ3) is 4.05. The van der Waals surface area contributed by atoms with E-state index in [9.17, 15) is 18.0 Å². The fraction of sp³-hybridized carbons (Fsp3) is 0.529. The van der Waals surface area contributed by atoms with Crippen molar-refractivity contribution >= 4 is 27.5 Å². The van der Waals surface area contributed by atoms with Gasteiger partial charge in [-0.3, -0.25) is 9.59 Å². The predicted octanol–water partition coefficient (Wildman–Crippen LogP) is 0.657. The van der Waals surface area contributed by atoms with Crippen LogP contribution in [0.2, 0.25) is 0 Å². The van der Waals surface area contributed by atoms with Crippen LogP contribution in [0.4, 0.5) is 5.69 Å². The second-order valence-corrected chi connectivity index (χ2v) is 8.37. The van der Waals surface area contributed by atoms with E-state index < -0.39 is 10.0 Å². The van der Waals surface area contributed by atoms with Crippen molar-refractivity contribution in [3.8, 4) is 0 Å². The minimum absolute atomic E-state index is 0.0424. The number of hydrogen-bond donors (Lipinski definition) is 1. The highest BCUT2D eigenvalue weighted by Gasteiger charge is 2.33. The molecule has 1 atom stereocenters. The minimum atomic E-state index is -3.62. The number of carbonyl (C=O) groups excluding carboxylic acids is 2. The molecule has 2 saturated heterocycles. The Labute approximate surface area is 153 Å². The molecular formula is C17H23N3O5S. The standard InChI is InChI=1S/C17H23N3O5S/c1-13(21)18-14-4-6-15(7-5-14)26(23,24)20-10-8-19(9-11-20)17(22)16-3-2-12-25-16/h4-7,16H,2-3,8-12H2,1H3,(H,18,21). The van der Waals surface area contributed by atoms with Gasteiger partial charge in [0.25, 0.3) is 5.91 Å². The molecule has 1 aromatic rings. The highest BCUT2D eigenvalue weighted by Crippen LogP contribution is 2.21. The Morgan fingerprint density at radius 2 is 1.77 bits per heavy atom. The Morgan fingerprint density at radius 3 is 2.31 bits per heavy atom. The molecule has 2 heterocycles. The molecule has 0 spiro atoms. The third-order valence-corrected chi connectivity index (χ3v) is 6.48. The average molecular weight is 381 g/mol. The third-order valence-electron chi connectivity index (χ3n) is 4.57. The Hall–Kier alpha value is -1.97. The van der Waals surface area contributed by atoms with E-state index in [1.807, 2.05) is 0 Å². The summed E-state index contributed by atoms with van der Waals surface area (Å²) in [6, 6.07) is 6.08. The molecule has 2 aliphatic rings.